The Hall–Kier alpha value is -2.28. The number of carbonyl (C=O) groups is 1. The highest BCUT2D eigenvalue weighted by Gasteiger charge is 2.28. The van der Waals surface area contributed by atoms with E-state index < -0.39 is 5.60 Å². The summed E-state index contributed by atoms with van der Waals surface area (Å²) in [7, 11) is 0. The van der Waals surface area contributed by atoms with E-state index in [0.717, 1.165) is 22.8 Å². The van der Waals surface area contributed by atoms with Crippen LogP contribution in [0.5, 0.6) is 0 Å². The first-order valence-corrected chi connectivity index (χ1v) is 8.36. The molecule has 0 saturated carbocycles. The Bertz CT molecular complexity index is 726. The van der Waals surface area contributed by atoms with Crippen LogP contribution in [0.25, 0.3) is 0 Å². The molecule has 0 fully saturated rings. The summed E-state index contributed by atoms with van der Waals surface area (Å²) in [5.41, 5.74) is 1.31. The molecule has 3 N–H and O–H groups in total. The maximum Gasteiger partial charge on any atom is 0.315 e. The molecular weight excluding hydrogens is 322 g/mol. The van der Waals surface area contributed by atoms with Crippen LogP contribution in [0.15, 0.2) is 15.0 Å². The van der Waals surface area contributed by atoms with Gasteiger partial charge in [-0.05, 0) is 54.0 Å². The fourth-order valence-electron chi connectivity index (χ4n) is 2.94. The highest BCUT2D eigenvalue weighted by molar-refractivity contribution is 5.74. The molecule has 0 bridgehead atoms. The predicted molar refractivity (Wildman–Crippen MR) is 93.4 cm³/mol. The quantitative estimate of drug-likeness (QED) is 0.744. The molecule has 2 aromatic rings. The predicted octanol–water partition coefficient (Wildman–Crippen LogP) is 2.64. The average molecular weight is 349 g/mol. The van der Waals surface area contributed by atoms with Crippen molar-refractivity contribution in [3.05, 3.63) is 40.2 Å². The lowest BCUT2D eigenvalue weighted by molar-refractivity contribution is 0.0578. The topological polar surface area (TPSA) is 101 Å². The van der Waals surface area contributed by atoms with Crippen LogP contribution in [0.3, 0.4) is 0 Å². The summed E-state index contributed by atoms with van der Waals surface area (Å²) in [4.78, 5) is 12.1. The Kier molecular flexibility index (Phi) is 5.57. The molecule has 25 heavy (non-hydrogen) atoms. The van der Waals surface area contributed by atoms with Gasteiger partial charge < -0.3 is 24.7 Å². The van der Waals surface area contributed by atoms with Crippen LogP contribution >= 0.6 is 0 Å². The highest BCUT2D eigenvalue weighted by atomic mass is 16.5. The standard InChI is InChI=1S/C18H27N3O4/c1-10(7-15-12(3)21-25-13(15)4)20-17(22)19-9-18(6,23)16-8-11(2)24-14(16)5/h8,10,23H,7,9H2,1-6H3,(H2,19,20,22). The second-order valence-corrected chi connectivity index (χ2v) is 6.84. The van der Waals surface area contributed by atoms with Crippen molar-refractivity contribution in [3.8, 4) is 0 Å². The van der Waals surface area contributed by atoms with E-state index in [4.69, 9.17) is 8.94 Å². The van der Waals surface area contributed by atoms with E-state index in [9.17, 15) is 9.90 Å². The smallest absolute Gasteiger partial charge is 0.315 e. The fourth-order valence-corrected chi connectivity index (χ4v) is 2.94. The fraction of sp³-hybridized carbons (Fsp3) is 0.556. The van der Waals surface area contributed by atoms with E-state index >= 15 is 0 Å². The first-order valence-electron chi connectivity index (χ1n) is 8.36. The number of aliphatic hydroxyl groups is 1. The van der Waals surface area contributed by atoms with Crippen LogP contribution in [0, 0.1) is 27.7 Å². The SMILES string of the molecule is Cc1cc(C(C)(O)CNC(=O)NC(C)Cc2c(C)noc2C)c(C)o1. The molecule has 2 atom stereocenters. The average Bonchev–Trinajstić information content (AvgIpc) is 3.01. The number of aromatic nitrogens is 1. The van der Waals surface area contributed by atoms with Gasteiger partial charge in [0.25, 0.3) is 0 Å². The van der Waals surface area contributed by atoms with E-state index in [1.165, 1.54) is 0 Å². The Labute approximate surface area is 147 Å². The van der Waals surface area contributed by atoms with Crippen molar-refractivity contribution in [2.75, 3.05) is 6.54 Å². The van der Waals surface area contributed by atoms with E-state index in [0.29, 0.717) is 17.7 Å². The summed E-state index contributed by atoms with van der Waals surface area (Å²) < 4.78 is 10.6. The minimum absolute atomic E-state index is 0.0800. The monoisotopic (exact) mass is 349 g/mol. The molecule has 7 nitrogen and oxygen atoms in total. The van der Waals surface area contributed by atoms with E-state index in [1.807, 2.05) is 27.7 Å². The second-order valence-electron chi connectivity index (χ2n) is 6.84. The summed E-state index contributed by atoms with van der Waals surface area (Å²) in [5, 5.41) is 20.1. The zero-order valence-corrected chi connectivity index (χ0v) is 15.7. The molecule has 2 aromatic heterocycles. The van der Waals surface area contributed by atoms with Gasteiger partial charge in [0.05, 0.1) is 12.2 Å². The first kappa shape index (κ1) is 19.1. The van der Waals surface area contributed by atoms with Gasteiger partial charge in [-0.15, -0.1) is 0 Å². The van der Waals surface area contributed by atoms with Crippen LogP contribution < -0.4 is 10.6 Å². The molecule has 138 valence electrons. The zero-order valence-electron chi connectivity index (χ0n) is 15.7. The number of urea groups is 1. The van der Waals surface area contributed by atoms with Crippen molar-refractivity contribution in [2.24, 2.45) is 0 Å². The molecule has 0 aliphatic heterocycles. The molecule has 2 amide bonds. The van der Waals surface area contributed by atoms with Crippen molar-refractivity contribution in [1.82, 2.24) is 15.8 Å². The Morgan fingerprint density at radius 1 is 1.32 bits per heavy atom. The van der Waals surface area contributed by atoms with Crippen LogP contribution in [0.1, 0.15) is 47.9 Å². The van der Waals surface area contributed by atoms with Gasteiger partial charge in [-0.1, -0.05) is 5.16 Å². The Morgan fingerprint density at radius 3 is 2.52 bits per heavy atom. The second kappa shape index (κ2) is 7.31. The first-order chi connectivity index (χ1) is 11.6. The van der Waals surface area contributed by atoms with Crippen molar-refractivity contribution >= 4 is 6.03 Å². The van der Waals surface area contributed by atoms with Crippen molar-refractivity contribution in [3.63, 3.8) is 0 Å². The lowest BCUT2D eigenvalue weighted by atomic mass is 9.96. The van der Waals surface area contributed by atoms with Gasteiger partial charge in [-0.2, -0.15) is 0 Å². The lowest BCUT2D eigenvalue weighted by Crippen LogP contribution is -2.46. The largest absolute Gasteiger partial charge is 0.466 e. The molecule has 0 saturated heterocycles. The van der Waals surface area contributed by atoms with Gasteiger partial charge in [0.1, 0.15) is 22.9 Å². The number of amides is 2. The van der Waals surface area contributed by atoms with Crippen LogP contribution in [0.2, 0.25) is 0 Å². The van der Waals surface area contributed by atoms with Gasteiger partial charge >= 0.3 is 6.03 Å². The number of aryl methyl sites for hydroxylation is 4. The molecule has 0 aliphatic rings. The summed E-state index contributed by atoms with van der Waals surface area (Å²) in [6, 6.07) is 1.35. The van der Waals surface area contributed by atoms with Crippen LogP contribution in [-0.2, 0) is 12.0 Å². The maximum absolute atomic E-state index is 12.1. The summed E-state index contributed by atoms with van der Waals surface area (Å²) in [6.45, 7) is 11.0. The van der Waals surface area contributed by atoms with Crippen LogP contribution in [0.4, 0.5) is 4.79 Å². The third-order valence-corrected chi connectivity index (χ3v) is 4.28. The number of nitrogens with zero attached hydrogens (tertiary/aromatic N) is 1. The molecule has 0 radical (unpaired) electrons. The molecule has 0 aliphatic carbocycles. The van der Waals surface area contributed by atoms with Crippen molar-refractivity contribution in [2.45, 2.75) is 59.6 Å². The van der Waals surface area contributed by atoms with Gasteiger partial charge in [0.15, 0.2) is 0 Å². The van der Waals surface area contributed by atoms with E-state index in [-0.39, 0.29) is 18.6 Å². The summed E-state index contributed by atoms with van der Waals surface area (Å²) >= 11 is 0. The Morgan fingerprint density at radius 2 is 2.00 bits per heavy atom. The summed E-state index contributed by atoms with van der Waals surface area (Å²) in [6.07, 6.45) is 0.630. The van der Waals surface area contributed by atoms with E-state index in [1.54, 1.807) is 19.9 Å². The van der Waals surface area contributed by atoms with Gasteiger partial charge in [-0.25, -0.2) is 4.79 Å². The van der Waals surface area contributed by atoms with Gasteiger partial charge in [0, 0.05) is 17.2 Å². The Balaban J connectivity index is 1.88. The number of furan rings is 1. The number of carbonyl (C=O) groups excluding carboxylic acids is 1. The molecule has 2 unspecified atom stereocenters. The normalized spacial score (nSPS) is 14.8. The number of rotatable bonds is 6. The number of nitrogens with one attached hydrogen (secondary N) is 2. The van der Waals surface area contributed by atoms with Gasteiger partial charge in [-0.3, -0.25) is 0 Å². The molecule has 2 rings (SSSR count). The van der Waals surface area contributed by atoms with Crippen molar-refractivity contribution in [1.29, 1.82) is 0 Å². The number of hydrogen-bond acceptors (Lipinski definition) is 5. The molecule has 7 heteroatoms. The molecule has 0 spiro atoms. The molecule has 0 aromatic carbocycles. The minimum Gasteiger partial charge on any atom is -0.466 e. The maximum atomic E-state index is 12.1. The van der Waals surface area contributed by atoms with E-state index in [2.05, 4.69) is 15.8 Å². The molecular formula is C18H27N3O4. The minimum atomic E-state index is -1.20. The third kappa shape index (κ3) is 4.63. The highest BCUT2D eigenvalue weighted by Crippen LogP contribution is 2.26. The van der Waals surface area contributed by atoms with Crippen LogP contribution in [-0.4, -0.2) is 28.9 Å². The lowest BCUT2D eigenvalue weighted by Gasteiger charge is -2.24. The third-order valence-electron chi connectivity index (χ3n) is 4.28. The summed E-state index contributed by atoms with van der Waals surface area (Å²) in [5.74, 6) is 2.14. The van der Waals surface area contributed by atoms with Crippen molar-refractivity contribution < 1.29 is 18.8 Å². The van der Waals surface area contributed by atoms with Gasteiger partial charge in [0.2, 0.25) is 0 Å². The zero-order chi connectivity index (χ0) is 18.8. The number of hydrogen-bond donors (Lipinski definition) is 3. The molecule has 2 heterocycles.